The monoisotopic (exact) mass is 606 g/mol. The minimum atomic E-state index is -0.565. The van der Waals surface area contributed by atoms with E-state index in [9.17, 15) is 0 Å². The minimum absolute atomic E-state index is 0.565. The second kappa shape index (κ2) is 11.6. The maximum atomic E-state index is 3.87. The summed E-state index contributed by atoms with van der Waals surface area (Å²) in [5, 5.41) is 3.87. The molecule has 6 aromatic rings. The molecule has 0 atom stereocenters. The third kappa shape index (κ3) is 4.63. The summed E-state index contributed by atoms with van der Waals surface area (Å²) in [5.74, 6) is 0. The molecule has 2 heteroatoms. The van der Waals surface area contributed by atoms with Crippen molar-refractivity contribution in [2.45, 2.75) is 32.6 Å². The van der Waals surface area contributed by atoms with Gasteiger partial charge in [0.15, 0.2) is 0 Å². The third-order valence-electron chi connectivity index (χ3n) is 9.79. The Balaban J connectivity index is 1.48. The van der Waals surface area contributed by atoms with Gasteiger partial charge in [-0.05, 0) is 113 Å². The number of rotatable bonds is 5. The molecular weight excluding hydrogens is 569 g/mol. The molecule has 0 radical (unpaired) electrons. The van der Waals surface area contributed by atoms with E-state index in [1.807, 2.05) is 0 Å². The van der Waals surface area contributed by atoms with Gasteiger partial charge in [0.05, 0.1) is 16.8 Å². The first-order valence-electron chi connectivity index (χ1n) is 16.6. The van der Waals surface area contributed by atoms with Crippen molar-refractivity contribution in [2.24, 2.45) is 0 Å². The number of aryl methyl sites for hydroxylation is 1. The summed E-state index contributed by atoms with van der Waals surface area (Å²) in [6.07, 6.45) is 7.64. The topological polar surface area (TPSA) is 15.3 Å². The maximum Gasteiger partial charge on any atom is 0.0782 e. The van der Waals surface area contributed by atoms with Crippen molar-refractivity contribution in [3.63, 3.8) is 0 Å². The summed E-state index contributed by atoms with van der Waals surface area (Å²) in [6.45, 7) is 6.54. The number of para-hydroxylation sites is 2. The normalized spacial score (nSPS) is 14.3. The average Bonchev–Trinajstić information content (AvgIpc) is 3.12. The van der Waals surface area contributed by atoms with Crippen LogP contribution in [0.1, 0.15) is 53.6 Å². The highest BCUT2D eigenvalue weighted by Gasteiger charge is 2.50. The van der Waals surface area contributed by atoms with Crippen LogP contribution in [0.2, 0.25) is 0 Å². The van der Waals surface area contributed by atoms with Gasteiger partial charge in [-0.1, -0.05) is 122 Å². The SMILES string of the molecule is CC/C=C\C=C(/C)c1ccc2c(c1)C1(c3cc(-c4ccccc4)ccc3N2)c2ccccc2N(c2ccc(C)cc2)c2ccccc21. The molecule has 8 rings (SSSR count). The predicted molar refractivity (Wildman–Crippen MR) is 200 cm³/mol. The molecule has 0 fully saturated rings. The van der Waals surface area contributed by atoms with E-state index < -0.39 is 5.41 Å². The largest absolute Gasteiger partial charge is 0.355 e. The number of hydrogen-bond donors (Lipinski definition) is 1. The van der Waals surface area contributed by atoms with Gasteiger partial charge in [0.1, 0.15) is 0 Å². The Morgan fingerprint density at radius 2 is 1.26 bits per heavy atom. The number of fused-ring (bicyclic) bond motifs is 8. The van der Waals surface area contributed by atoms with Crippen LogP contribution in [0.15, 0.2) is 158 Å². The van der Waals surface area contributed by atoms with Crippen LogP contribution in [0, 0.1) is 6.92 Å². The van der Waals surface area contributed by atoms with Gasteiger partial charge >= 0.3 is 0 Å². The number of nitrogens with one attached hydrogen (secondary N) is 1. The first-order chi connectivity index (χ1) is 23.1. The molecule has 6 aromatic carbocycles. The molecule has 2 aliphatic heterocycles. The molecular formula is C45H38N2. The van der Waals surface area contributed by atoms with Gasteiger partial charge in [0.25, 0.3) is 0 Å². The predicted octanol–water partition coefficient (Wildman–Crippen LogP) is 12.3. The number of benzene rings is 6. The van der Waals surface area contributed by atoms with Crippen molar-refractivity contribution < 1.29 is 0 Å². The van der Waals surface area contributed by atoms with Crippen molar-refractivity contribution in [1.29, 1.82) is 0 Å². The van der Waals surface area contributed by atoms with Crippen LogP contribution in [0.3, 0.4) is 0 Å². The molecule has 0 unspecified atom stereocenters. The molecule has 0 amide bonds. The van der Waals surface area contributed by atoms with Gasteiger partial charge in [-0.3, -0.25) is 0 Å². The van der Waals surface area contributed by atoms with E-state index >= 15 is 0 Å². The van der Waals surface area contributed by atoms with Crippen molar-refractivity contribution in [3.8, 4) is 11.1 Å². The van der Waals surface area contributed by atoms with E-state index in [0.717, 1.165) is 23.5 Å². The Hall–Kier alpha value is -5.60. The Labute approximate surface area is 278 Å². The summed E-state index contributed by atoms with van der Waals surface area (Å²) >= 11 is 0. The van der Waals surface area contributed by atoms with Crippen molar-refractivity contribution in [3.05, 3.63) is 191 Å². The Kier molecular flexibility index (Phi) is 7.14. The third-order valence-corrected chi connectivity index (χ3v) is 9.79. The number of nitrogens with zero attached hydrogens (tertiary/aromatic N) is 1. The molecule has 1 spiro atoms. The van der Waals surface area contributed by atoms with E-state index in [1.165, 1.54) is 61.5 Å². The molecule has 0 aromatic heterocycles. The molecule has 2 heterocycles. The van der Waals surface area contributed by atoms with Crippen molar-refractivity contribution >= 4 is 34.0 Å². The quantitative estimate of drug-likeness (QED) is 0.196. The van der Waals surface area contributed by atoms with E-state index in [-0.39, 0.29) is 0 Å². The molecule has 47 heavy (non-hydrogen) atoms. The van der Waals surface area contributed by atoms with Crippen LogP contribution in [-0.2, 0) is 5.41 Å². The Bertz CT molecular complexity index is 2120. The molecule has 2 aliphatic rings. The fourth-order valence-corrected chi connectivity index (χ4v) is 7.52. The van der Waals surface area contributed by atoms with Crippen LogP contribution in [0.25, 0.3) is 16.7 Å². The van der Waals surface area contributed by atoms with E-state index in [1.54, 1.807) is 0 Å². The van der Waals surface area contributed by atoms with Gasteiger partial charge < -0.3 is 10.2 Å². The lowest BCUT2D eigenvalue weighted by atomic mass is 9.60. The molecule has 0 saturated heterocycles. The van der Waals surface area contributed by atoms with E-state index in [4.69, 9.17) is 0 Å². The Morgan fingerprint density at radius 1 is 0.638 bits per heavy atom. The molecule has 0 aliphatic carbocycles. The molecule has 2 nitrogen and oxygen atoms in total. The van der Waals surface area contributed by atoms with Gasteiger partial charge in [0.2, 0.25) is 0 Å². The fourth-order valence-electron chi connectivity index (χ4n) is 7.52. The van der Waals surface area contributed by atoms with Gasteiger partial charge in [0, 0.05) is 17.1 Å². The lowest BCUT2D eigenvalue weighted by Gasteiger charge is -2.49. The molecule has 0 bridgehead atoms. The highest BCUT2D eigenvalue weighted by atomic mass is 15.2. The van der Waals surface area contributed by atoms with Crippen molar-refractivity contribution in [2.75, 3.05) is 10.2 Å². The zero-order valence-electron chi connectivity index (χ0n) is 27.2. The second-order valence-corrected chi connectivity index (χ2v) is 12.7. The zero-order valence-corrected chi connectivity index (χ0v) is 27.2. The van der Waals surface area contributed by atoms with E-state index in [2.05, 4.69) is 189 Å². The van der Waals surface area contributed by atoms with E-state index in [0.29, 0.717) is 0 Å². The minimum Gasteiger partial charge on any atom is -0.355 e. The zero-order chi connectivity index (χ0) is 32.0. The average molecular weight is 607 g/mol. The second-order valence-electron chi connectivity index (χ2n) is 12.7. The lowest BCUT2D eigenvalue weighted by Crippen LogP contribution is -2.40. The summed E-state index contributed by atoms with van der Waals surface area (Å²) < 4.78 is 0. The summed E-state index contributed by atoms with van der Waals surface area (Å²) in [5.41, 5.74) is 16.5. The van der Waals surface area contributed by atoms with Gasteiger partial charge in [-0.25, -0.2) is 0 Å². The number of allylic oxidation sites excluding steroid dienone is 4. The number of hydrogen-bond acceptors (Lipinski definition) is 2. The summed E-state index contributed by atoms with van der Waals surface area (Å²) in [7, 11) is 0. The fraction of sp³-hybridized carbons (Fsp3) is 0.111. The highest BCUT2D eigenvalue weighted by Crippen LogP contribution is 2.62. The first kappa shape index (κ1) is 28.8. The summed E-state index contributed by atoms with van der Waals surface area (Å²) in [4.78, 5) is 2.45. The van der Waals surface area contributed by atoms with Crippen molar-refractivity contribution in [1.82, 2.24) is 0 Å². The molecule has 1 N–H and O–H groups in total. The van der Waals surface area contributed by atoms with Crippen LogP contribution < -0.4 is 10.2 Å². The van der Waals surface area contributed by atoms with Crippen LogP contribution >= 0.6 is 0 Å². The van der Waals surface area contributed by atoms with Crippen LogP contribution in [0.5, 0.6) is 0 Å². The first-order valence-corrected chi connectivity index (χ1v) is 16.6. The molecule has 0 saturated carbocycles. The van der Waals surface area contributed by atoms with Crippen LogP contribution in [0.4, 0.5) is 28.4 Å². The standard InChI is InChI=1S/C45H38N2/c1-4-5-7-14-32(3)34-23-27-41-39(29-34)45(40-30-35(24-28-42(40)46-41)33-15-8-6-9-16-33)37-17-10-12-19-43(37)47(36-25-21-31(2)22-26-36)44-20-13-11-18-38(44)45/h5-30,46H,4H2,1-3H3/b7-5-,32-14+. The van der Waals surface area contributed by atoms with Crippen LogP contribution in [-0.4, -0.2) is 0 Å². The van der Waals surface area contributed by atoms with Gasteiger partial charge in [-0.15, -0.1) is 0 Å². The molecule has 228 valence electrons. The summed E-state index contributed by atoms with van der Waals surface area (Å²) in [6, 6.07) is 51.6. The lowest BCUT2D eigenvalue weighted by molar-refractivity contribution is 0.727. The Morgan fingerprint density at radius 3 is 1.94 bits per heavy atom. The number of anilines is 5. The highest BCUT2D eigenvalue weighted by molar-refractivity contribution is 5.95. The maximum absolute atomic E-state index is 3.87. The smallest absolute Gasteiger partial charge is 0.0782 e. The van der Waals surface area contributed by atoms with Gasteiger partial charge in [-0.2, -0.15) is 0 Å².